The molecule has 0 saturated heterocycles. The maximum absolute atomic E-state index is 13.3. The summed E-state index contributed by atoms with van der Waals surface area (Å²) in [6.07, 6.45) is 5.57. The highest BCUT2D eigenvalue weighted by atomic mass is 19.1. The lowest BCUT2D eigenvalue weighted by atomic mass is 10.2. The molecule has 0 bridgehead atoms. The third-order valence-electron chi connectivity index (χ3n) is 3.42. The zero-order valence-corrected chi connectivity index (χ0v) is 14.3. The molecular formula is C18H15FN6O2. The zero-order chi connectivity index (χ0) is 19.2. The molecule has 0 atom stereocenters. The fourth-order valence-electron chi connectivity index (χ4n) is 2.18. The molecule has 0 radical (unpaired) electrons. The van der Waals surface area contributed by atoms with Gasteiger partial charge < -0.3 is 15.8 Å². The molecule has 0 aliphatic heterocycles. The Morgan fingerprint density at radius 2 is 2.15 bits per heavy atom. The molecule has 27 heavy (non-hydrogen) atoms. The number of nitrogens with two attached hydrogens (primary N) is 1. The van der Waals surface area contributed by atoms with E-state index in [1.54, 1.807) is 18.3 Å². The summed E-state index contributed by atoms with van der Waals surface area (Å²) in [5.74, 6) is 0.0876. The zero-order valence-electron chi connectivity index (χ0n) is 14.3. The first kappa shape index (κ1) is 17.9. The van der Waals surface area contributed by atoms with Crippen LogP contribution in [0, 0.1) is 12.7 Å². The van der Waals surface area contributed by atoms with Crippen LogP contribution in [0.1, 0.15) is 16.1 Å². The van der Waals surface area contributed by atoms with Gasteiger partial charge in [-0.3, -0.25) is 9.78 Å². The average Bonchev–Trinajstić information content (AvgIpc) is 2.67. The maximum atomic E-state index is 13.3. The van der Waals surface area contributed by atoms with Crippen LogP contribution in [-0.2, 0) is 0 Å². The Morgan fingerprint density at radius 3 is 2.85 bits per heavy atom. The van der Waals surface area contributed by atoms with E-state index in [0.29, 0.717) is 11.5 Å². The van der Waals surface area contributed by atoms with Crippen molar-refractivity contribution in [2.75, 3.05) is 5.32 Å². The largest absolute Gasteiger partial charge is 0.454 e. The van der Waals surface area contributed by atoms with Crippen LogP contribution in [0.3, 0.4) is 0 Å². The predicted octanol–water partition coefficient (Wildman–Crippen LogP) is 2.98. The van der Waals surface area contributed by atoms with E-state index in [-0.39, 0.29) is 22.9 Å². The van der Waals surface area contributed by atoms with Crippen molar-refractivity contribution < 1.29 is 13.9 Å². The lowest BCUT2D eigenvalue weighted by Gasteiger charge is -2.10. The number of rotatable bonds is 5. The molecule has 0 aliphatic carbocycles. The van der Waals surface area contributed by atoms with Crippen LogP contribution in [0.4, 0.5) is 16.0 Å². The second-order valence-electron chi connectivity index (χ2n) is 5.33. The van der Waals surface area contributed by atoms with E-state index in [4.69, 9.17) is 10.5 Å². The molecule has 8 nitrogen and oxygen atoms in total. The van der Waals surface area contributed by atoms with Gasteiger partial charge in [0.1, 0.15) is 23.1 Å². The molecule has 136 valence electrons. The first-order valence-electron chi connectivity index (χ1n) is 7.83. The number of nitrogens with zero attached hydrogens (tertiary/aromatic N) is 4. The van der Waals surface area contributed by atoms with Crippen LogP contribution >= 0.6 is 0 Å². The van der Waals surface area contributed by atoms with Crippen LogP contribution in [-0.4, -0.2) is 27.2 Å². The van der Waals surface area contributed by atoms with Crippen molar-refractivity contribution in [3.8, 4) is 11.5 Å². The molecule has 3 heterocycles. The molecule has 0 unspecified atom stereocenters. The molecule has 0 aromatic carbocycles. The van der Waals surface area contributed by atoms with Crippen molar-refractivity contribution in [1.82, 2.24) is 15.0 Å². The highest BCUT2D eigenvalue weighted by Crippen LogP contribution is 2.26. The Kier molecular flexibility index (Phi) is 5.31. The molecular weight excluding hydrogens is 351 g/mol. The molecule has 3 aromatic rings. The first-order chi connectivity index (χ1) is 13.1. The van der Waals surface area contributed by atoms with E-state index in [1.807, 2.05) is 0 Å². The number of carbonyl (C=O) groups excluding carboxylic acids is 1. The number of aromatic nitrogens is 3. The van der Waals surface area contributed by atoms with Crippen molar-refractivity contribution in [3.05, 3.63) is 66.0 Å². The van der Waals surface area contributed by atoms with Gasteiger partial charge in [0.15, 0.2) is 5.82 Å². The third-order valence-corrected chi connectivity index (χ3v) is 3.42. The van der Waals surface area contributed by atoms with Gasteiger partial charge in [-0.05, 0) is 37.3 Å². The van der Waals surface area contributed by atoms with Gasteiger partial charge in [0.25, 0.3) is 5.91 Å². The quantitative estimate of drug-likeness (QED) is 0.530. The van der Waals surface area contributed by atoms with Gasteiger partial charge in [-0.2, -0.15) is 0 Å². The minimum absolute atomic E-state index is 0.104. The Hall–Kier alpha value is -3.88. The highest BCUT2D eigenvalue weighted by Gasteiger charge is 2.16. The third kappa shape index (κ3) is 4.40. The maximum Gasteiger partial charge on any atom is 0.260 e. The minimum atomic E-state index is -0.543. The minimum Gasteiger partial charge on any atom is -0.454 e. The summed E-state index contributed by atoms with van der Waals surface area (Å²) >= 11 is 0. The molecule has 1 amide bonds. The fourth-order valence-corrected chi connectivity index (χ4v) is 2.18. The molecule has 3 rings (SSSR count). The summed E-state index contributed by atoms with van der Waals surface area (Å²) in [5.41, 5.74) is 5.60. The van der Waals surface area contributed by atoms with E-state index in [1.165, 1.54) is 37.5 Å². The Balaban J connectivity index is 1.89. The van der Waals surface area contributed by atoms with Crippen LogP contribution in [0.5, 0.6) is 11.5 Å². The number of anilines is 1. The van der Waals surface area contributed by atoms with E-state index < -0.39 is 11.7 Å². The number of pyridine rings is 3. The van der Waals surface area contributed by atoms with Crippen molar-refractivity contribution in [1.29, 1.82) is 0 Å². The van der Waals surface area contributed by atoms with Crippen LogP contribution in [0.25, 0.3) is 0 Å². The van der Waals surface area contributed by atoms with Crippen molar-refractivity contribution >= 4 is 23.9 Å². The summed E-state index contributed by atoms with van der Waals surface area (Å²) in [6.45, 7) is 1.50. The Bertz CT molecular complexity index is 994. The molecule has 3 N–H and O–H groups in total. The second kappa shape index (κ2) is 8.00. The standard InChI is InChI=1S/C18H15FN6O2/c1-11-15(19)4-5-16(24-11)25-18(26)14-7-13(9-22-17(14)23-10-20)27-12-3-2-6-21-8-12/h2-10H,1H3,(H2,20,22,23)(H,24,25,26). The average molecular weight is 366 g/mol. The second-order valence-corrected chi connectivity index (χ2v) is 5.33. The molecule has 0 fully saturated rings. The van der Waals surface area contributed by atoms with Gasteiger partial charge >= 0.3 is 0 Å². The van der Waals surface area contributed by atoms with E-state index >= 15 is 0 Å². The van der Waals surface area contributed by atoms with Gasteiger partial charge in [-0.15, -0.1) is 0 Å². The number of carbonyl (C=O) groups is 1. The number of hydrogen-bond donors (Lipinski definition) is 2. The number of nitrogens with one attached hydrogen (secondary N) is 1. The van der Waals surface area contributed by atoms with Gasteiger partial charge in [0, 0.05) is 6.20 Å². The van der Waals surface area contributed by atoms with Gasteiger partial charge in [0.2, 0.25) is 0 Å². The van der Waals surface area contributed by atoms with Crippen molar-refractivity contribution in [2.45, 2.75) is 6.92 Å². The molecule has 3 aromatic heterocycles. The Morgan fingerprint density at radius 1 is 1.30 bits per heavy atom. The number of ether oxygens (including phenoxy) is 1. The normalized spacial score (nSPS) is 10.7. The summed E-state index contributed by atoms with van der Waals surface area (Å²) in [4.78, 5) is 28.5. The van der Waals surface area contributed by atoms with Crippen LogP contribution in [0.2, 0.25) is 0 Å². The first-order valence-corrected chi connectivity index (χ1v) is 7.83. The monoisotopic (exact) mass is 366 g/mol. The molecule has 0 aliphatic rings. The number of aryl methyl sites for hydroxylation is 1. The van der Waals surface area contributed by atoms with Crippen molar-refractivity contribution in [2.24, 2.45) is 10.7 Å². The van der Waals surface area contributed by atoms with Gasteiger partial charge in [-0.1, -0.05) is 0 Å². The summed E-state index contributed by atoms with van der Waals surface area (Å²) < 4.78 is 19.0. The number of halogens is 1. The van der Waals surface area contributed by atoms with Crippen LogP contribution in [0.15, 0.2) is 53.9 Å². The van der Waals surface area contributed by atoms with E-state index in [9.17, 15) is 9.18 Å². The SMILES string of the molecule is Cc1nc(NC(=O)c2cc(Oc3cccnc3)cnc2/N=C\N)ccc1F. The molecule has 0 spiro atoms. The predicted molar refractivity (Wildman–Crippen MR) is 97.8 cm³/mol. The fraction of sp³-hybridized carbons (Fsp3) is 0.0556. The van der Waals surface area contributed by atoms with Crippen LogP contribution < -0.4 is 15.8 Å². The smallest absolute Gasteiger partial charge is 0.260 e. The van der Waals surface area contributed by atoms with E-state index in [2.05, 4.69) is 25.3 Å². The Labute approximate surface area is 154 Å². The topological polar surface area (TPSA) is 115 Å². The van der Waals surface area contributed by atoms with Crippen molar-refractivity contribution in [3.63, 3.8) is 0 Å². The van der Waals surface area contributed by atoms with E-state index in [0.717, 1.165) is 6.34 Å². The number of aliphatic imine (C=N–C) groups is 1. The number of amides is 1. The summed E-state index contributed by atoms with van der Waals surface area (Å²) in [6, 6.07) is 7.47. The lowest BCUT2D eigenvalue weighted by Crippen LogP contribution is -2.14. The molecule has 0 saturated carbocycles. The number of hydrogen-bond acceptors (Lipinski definition) is 6. The highest BCUT2D eigenvalue weighted by molar-refractivity contribution is 6.07. The molecule has 9 heteroatoms. The van der Waals surface area contributed by atoms with Gasteiger partial charge in [-0.25, -0.2) is 19.4 Å². The summed E-state index contributed by atoms with van der Waals surface area (Å²) in [7, 11) is 0. The summed E-state index contributed by atoms with van der Waals surface area (Å²) in [5, 5.41) is 2.58. The lowest BCUT2D eigenvalue weighted by molar-refractivity contribution is 0.102. The van der Waals surface area contributed by atoms with Gasteiger partial charge in [0.05, 0.1) is 30.0 Å².